The number of esters is 1. The molecule has 1 saturated heterocycles. The zero-order valence-corrected chi connectivity index (χ0v) is 16.9. The Balaban J connectivity index is 1.95. The molecule has 1 fully saturated rings. The van der Waals surface area contributed by atoms with Crippen LogP contribution in [0.1, 0.15) is 45.1 Å². The number of ether oxygens (including phenoxy) is 3. The number of amides is 1. The summed E-state index contributed by atoms with van der Waals surface area (Å²) in [7, 11) is 0. The zero-order valence-electron chi connectivity index (χ0n) is 16.9. The lowest BCUT2D eigenvalue weighted by Gasteiger charge is -2.24. The first-order chi connectivity index (χ1) is 13.6. The number of hydrogen-bond acceptors (Lipinski definition) is 5. The molecule has 0 spiro atoms. The van der Waals surface area contributed by atoms with Crippen molar-refractivity contribution >= 4 is 18.0 Å². The summed E-state index contributed by atoms with van der Waals surface area (Å²) in [6.45, 7) is 6.41. The lowest BCUT2D eigenvalue weighted by Crippen LogP contribution is -2.38. The fourth-order valence-corrected chi connectivity index (χ4v) is 2.95. The minimum absolute atomic E-state index is 0.0366. The maximum absolute atomic E-state index is 12.7. The molecule has 0 bridgehead atoms. The highest BCUT2D eigenvalue weighted by Crippen LogP contribution is 2.16. The number of rotatable bonds is 11. The molecule has 28 heavy (non-hydrogen) atoms. The zero-order chi connectivity index (χ0) is 20.2. The molecule has 2 rings (SSSR count). The van der Waals surface area contributed by atoms with Crippen LogP contribution in [0.4, 0.5) is 0 Å². The first-order valence-corrected chi connectivity index (χ1v) is 10.1. The van der Waals surface area contributed by atoms with E-state index >= 15 is 0 Å². The van der Waals surface area contributed by atoms with Gasteiger partial charge in [0.1, 0.15) is 5.75 Å². The number of carbonyl (C=O) groups excluding carboxylic acids is 2. The molecule has 1 atom stereocenters. The first kappa shape index (κ1) is 22.0. The molecule has 1 aromatic carbocycles. The molecule has 1 aliphatic rings. The second kappa shape index (κ2) is 12.2. The van der Waals surface area contributed by atoms with Gasteiger partial charge >= 0.3 is 5.97 Å². The van der Waals surface area contributed by atoms with Gasteiger partial charge in [0, 0.05) is 25.8 Å². The molecule has 154 valence electrons. The molecular weight excluding hydrogens is 358 g/mol. The highest BCUT2D eigenvalue weighted by Gasteiger charge is 2.22. The van der Waals surface area contributed by atoms with Crippen molar-refractivity contribution in [2.24, 2.45) is 0 Å². The van der Waals surface area contributed by atoms with E-state index in [2.05, 4.69) is 6.92 Å². The van der Waals surface area contributed by atoms with Crippen LogP contribution >= 0.6 is 0 Å². The van der Waals surface area contributed by atoms with E-state index in [1.807, 2.05) is 24.3 Å². The van der Waals surface area contributed by atoms with E-state index in [-0.39, 0.29) is 24.4 Å². The van der Waals surface area contributed by atoms with E-state index in [1.165, 1.54) is 0 Å². The Kier molecular flexibility index (Phi) is 9.55. The van der Waals surface area contributed by atoms with Crippen LogP contribution in [0.5, 0.6) is 5.75 Å². The van der Waals surface area contributed by atoms with Gasteiger partial charge in [0.2, 0.25) is 5.91 Å². The fraction of sp³-hybridized carbons (Fsp3) is 0.545. The van der Waals surface area contributed by atoms with Crippen LogP contribution in [0.15, 0.2) is 30.3 Å². The van der Waals surface area contributed by atoms with Crippen molar-refractivity contribution in [3.05, 3.63) is 35.9 Å². The molecule has 1 amide bonds. The average molecular weight is 389 g/mol. The van der Waals surface area contributed by atoms with Crippen molar-refractivity contribution in [1.29, 1.82) is 0 Å². The highest BCUT2D eigenvalue weighted by molar-refractivity contribution is 5.92. The smallest absolute Gasteiger partial charge is 0.307 e. The molecule has 1 unspecified atom stereocenters. The summed E-state index contributed by atoms with van der Waals surface area (Å²) in [5, 5.41) is 0. The number of benzene rings is 1. The normalized spacial score (nSPS) is 16.3. The Bertz CT molecular complexity index is 635. The third-order valence-electron chi connectivity index (χ3n) is 4.42. The van der Waals surface area contributed by atoms with E-state index < -0.39 is 0 Å². The lowest BCUT2D eigenvalue weighted by molar-refractivity contribution is -0.144. The summed E-state index contributed by atoms with van der Waals surface area (Å²) in [4.78, 5) is 26.0. The Morgan fingerprint density at radius 1 is 1.25 bits per heavy atom. The van der Waals surface area contributed by atoms with Crippen molar-refractivity contribution in [3.63, 3.8) is 0 Å². The van der Waals surface area contributed by atoms with E-state index in [0.29, 0.717) is 26.3 Å². The van der Waals surface area contributed by atoms with Gasteiger partial charge in [-0.25, -0.2) is 0 Å². The van der Waals surface area contributed by atoms with Crippen LogP contribution < -0.4 is 4.74 Å². The van der Waals surface area contributed by atoms with Gasteiger partial charge < -0.3 is 19.1 Å². The van der Waals surface area contributed by atoms with Crippen molar-refractivity contribution < 1.29 is 23.8 Å². The molecular formula is C22H31NO5. The van der Waals surface area contributed by atoms with Crippen LogP contribution in [-0.4, -0.2) is 55.8 Å². The quantitative estimate of drug-likeness (QED) is 0.428. The van der Waals surface area contributed by atoms with E-state index in [4.69, 9.17) is 14.2 Å². The largest absolute Gasteiger partial charge is 0.494 e. The molecule has 6 heteroatoms. The lowest BCUT2D eigenvalue weighted by atomic mass is 10.2. The van der Waals surface area contributed by atoms with Crippen molar-refractivity contribution in [3.8, 4) is 5.75 Å². The highest BCUT2D eigenvalue weighted by atomic mass is 16.5. The minimum atomic E-state index is -0.292. The average Bonchev–Trinajstić information content (AvgIpc) is 3.22. The summed E-state index contributed by atoms with van der Waals surface area (Å²) in [6, 6.07) is 7.62. The SMILES string of the molecule is CCCOc1ccc(/C=C/C(=O)N(CCC(=O)OCC)CC2CCCO2)cc1. The molecule has 0 aliphatic carbocycles. The van der Waals surface area contributed by atoms with Gasteiger partial charge in [-0.3, -0.25) is 9.59 Å². The molecule has 0 N–H and O–H groups in total. The van der Waals surface area contributed by atoms with Gasteiger partial charge in [0.05, 0.1) is 25.7 Å². The van der Waals surface area contributed by atoms with E-state index in [1.54, 1.807) is 24.0 Å². The molecule has 1 aromatic rings. The predicted molar refractivity (Wildman–Crippen MR) is 108 cm³/mol. The summed E-state index contributed by atoms with van der Waals surface area (Å²) >= 11 is 0. The van der Waals surface area contributed by atoms with Gasteiger partial charge in [-0.05, 0) is 50.0 Å². The maximum atomic E-state index is 12.7. The molecule has 0 aromatic heterocycles. The number of carbonyl (C=O) groups is 2. The summed E-state index contributed by atoms with van der Waals surface area (Å²) in [6.07, 6.45) is 6.45. The second-order valence-electron chi connectivity index (χ2n) is 6.73. The summed E-state index contributed by atoms with van der Waals surface area (Å²) < 4.78 is 16.2. The van der Waals surface area contributed by atoms with Crippen LogP contribution in [0.2, 0.25) is 0 Å². The molecule has 1 heterocycles. The molecule has 1 aliphatic heterocycles. The molecule has 0 radical (unpaired) electrons. The van der Waals surface area contributed by atoms with Gasteiger partial charge in [0.15, 0.2) is 0 Å². The Morgan fingerprint density at radius 2 is 2.04 bits per heavy atom. The van der Waals surface area contributed by atoms with Crippen molar-refractivity contribution in [2.45, 2.75) is 45.6 Å². The van der Waals surface area contributed by atoms with Gasteiger partial charge in [-0.15, -0.1) is 0 Å². The third kappa shape index (κ3) is 7.72. The third-order valence-corrected chi connectivity index (χ3v) is 4.42. The summed E-state index contributed by atoms with van der Waals surface area (Å²) in [5.41, 5.74) is 0.916. The first-order valence-electron chi connectivity index (χ1n) is 10.1. The Morgan fingerprint density at radius 3 is 2.68 bits per heavy atom. The van der Waals surface area contributed by atoms with Gasteiger partial charge in [-0.2, -0.15) is 0 Å². The van der Waals surface area contributed by atoms with Crippen LogP contribution in [0.25, 0.3) is 6.08 Å². The maximum Gasteiger partial charge on any atom is 0.307 e. The number of nitrogens with zero attached hydrogens (tertiary/aromatic N) is 1. The van der Waals surface area contributed by atoms with Crippen LogP contribution in [0, 0.1) is 0 Å². The van der Waals surface area contributed by atoms with Crippen molar-refractivity contribution in [2.75, 3.05) is 32.9 Å². The second-order valence-corrected chi connectivity index (χ2v) is 6.73. The Labute approximate surface area is 167 Å². The van der Waals surface area contributed by atoms with Crippen LogP contribution in [-0.2, 0) is 19.1 Å². The summed E-state index contributed by atoms with van der Waals surface area (Å²) in [5.74, 6) is 0.394. The van der Waals surface area contributed by atoms with E-state index in [0.717, 1.165) is 37.2 Å². The number of hydrogen-bond donors (Lipinski definition) is 0. The topological polar surface area (TPSA) is 65.1 Å². The Hall–Kier alpha value is -2.34. The van der Waals surface area contributed by atoms with Gasteiger partial charge in [-0.1, -0.05) is 19.1 Å². The standard InChI is InChI=1S/C22H31NO5/c1-3-15-27-19-10-7-18(8-11-19)9-12-21(24)23(14-13-22(25)26-4-2)17-20-6-5-16-28-20/h7-12,20H,3-6,13-17H2,1-2H3/b12-9+. The molecule has 0 saturated carbocycles. The van der Waals surface area contributed by atoms with Crippen molar-refractivity contribution in [1.82, 2.24) is 4.90 Å². The van der Waals surface area contributed by atoms with Gasteiger partial charge in [0.25, 0.3) is 0 Å². The van der Waals surface area contributed by atoms with Crippen LogP contribution in [0.3, 0.4) is 0 Å². The molecule has 6 nitrogen and oxygen atoms in total. The fourth-order valence-electron chi connectivity index (χ4n) is 2.95. The van der Waals surface area contributed by atoms with E-state index in [9.17, 15) is 9.59 Å². The monoisotopic (exact) mass is 389 g/mol. The predicted octanol–water partition coefficient (Wildman–Crippen LogP) is 3.45. The minimum Gasteiger partial charge on any atom is -0.494 e.